The maximum absolute atomic E-state index is 11.7. The van der Waals surface area contributed by atoms with Gasteiger partial charge in [-0.05, 0) is 37.5 Å². The van der Waals surface area contributed by atoms with Gasteiger partial charge in [-0.15, -0.1) is 0 Å². The maximum Gasteiger partial charge on any atom is 0.239 e. The molecule has 4 nitrogen and oxygen atoms in total. The van der Waals surface area contributed by atoms with Crippen LogP contribution in [0, 0.1) is 0 Å². The lowest BCUT2D eigenvalue weighted by Gasteiger charge is -2.20. The van der Waals surface area contributed by atoms with Crippen molar-refractivity contribution < 1.29 is 9.90 Å². The van der Waals surface area contributed by atoms with Crippen LogP contribution in [0.1, 0.15) is 31.4 Å². The van der Waals surface area contributed by atoms with Gasteiger partial charge in [0.15, 0.2) is 0 Å². The molecule has 2 N–H and O–H groups in total. The molecule has 1 aliphatic carbocycles. The standard InChI is InChI=1S/C14H19BrN2O2/c1-9(18)12-6-5-11(7-13(12)15)17(2)8-14(19)16-10-3-4-10/h5-7,9-10,18H,3-4,8H2,1-2H3,(H,16,19). The summed E-state index contributed by atoms with van der Waals surface area (Å²) in [5.74, 6) is 0.0562. The molecule has 1 saturated carbocycles. The van der Waals surface area contributed by atoms with E-state index in [0.717, 1.165) is 28.6 Å². The van der Waals surface area contributed by atoms with Crippen LogP contribution < -0.4 is 10.2 Å². The second-order valence-electron chi connectivity index (χ2n) is 5.08. The minimum absolute atomic E-state index is 0.0562. The molecule has 0 saturated heterocycles. The molecule has 1 amide bonds. The first-order valence-corrected chi connectivity index (χ1v) is 7.24. The van der Waals surface area contributed by atoms with E-state index in [4.69, 9.17) is 0 Å². The summed E-state index contributed by atoms with van der Waals surface area (Å²) < 4.78 is 0.856. The highest BCUT2D eigenvalue weighted by molar-refractivity contribution is 9.10. The molecular weight excluding hydrogens is 308 g/mol. The number of aliphatic hydroxyl groups excluding tert-OH is 1. The number of anilines is 1. The van der Waals surface area contributed by atoms with Crippen LogP contribution in [-0.2, 0) is 4.79 Å². The third-order valence-electron chi connectivity index (χ3n) is 3.20. The van der Waals surface area contributed by atoms with Gasteiger partial charge in [-0.1, -0.05) is 22.0 Å². The first kappa shape index (κ1) is 14.3. The summed E-state index contributed by atoms with van der Waals surface area (Å²) in [4.78, 5) is 13.6. The summed E-state index contributed by atoms with van der Waals surface area (Å²) in [6, 6.07) is 6.11. The van der Waals surface area contributed by atoms with Crippen molar-refractivity contribution in [1.82, 2.24) is 5.32 Å². The summed E-state index contributed by atoms with van der Waals surface area (Å²) in [7, 11) is 1.89. The lowest BCUT2D eigenvalue weighted by Crippen LogP contribution is -2.36. The Bertz CT molecular complexity index is 473. The van der Waals surface area contributed by atoms with E-state index in [1.54, 1.807) is 6.92 Å². The van der Waals surface area contributed by atoms with Gasteiger partial charge in [0.1, 0.15) is 0 Å². The fourth-order valence-electron chi connectivity index (χ4n) is 1.90. The van der Waals surface area contributed by atoms with Gasteiger partial charge < -0.3 is 15.3 Å². The predicted octanol–water partition coefficient (Wildman–Crippen LogP) is 2.22. The number of carbonyl (C=O) groups excluding carboxylic acids is 1. The highest BCUT2D eigenvalue weighted by Gasteiger charge is 2.23. The molecule has 19 heavy (non-hydrogen) atoms. The van der Waals surface area contributed by atoms with E-state index in [1.807, 2.05) is 30.1 Å². The second kappa shape index (κ2) is 5.92. The van der Waals surface area contributed by atoms with Crippen molar-refractivity contribution in [3.05, 3.63) is 28.2 Å². The Morgan fingerprint density at radius 3 is 2.79 bits per heavy atom. The Labute approximate surface area is 121 Å². The molecule has 0 radical (unpaired) electrons. The molecule has 1 atom stereocenters. The summed E-state index contributed by atoms with van der Waals surface area (Å²) in [6.07, 6.45) is 1.70. The number of benzene rings is 1. The molecule has 0 aliphatic heterocycles. The highest BCUT2D eigenvalue weighted by atomic mass is 79.9. The Balaban J connectivity index is 1.99. The largest absolute Gasteiger partial charge is 0.389 e. The molecule has 5 heteroatoms. The van der Waals surface area contributed by atoms with Gasteiger partial charge in [-0.3, -0.25) is 4.79 Å². The number of rotatable bonds is 5. The quantitative estimate of drug-likeness (QED) is 0.872. The van der Waals surface area contributed by atoms with E-state index in [2.05, 4.69) is 21.2 Å². The zero-order chi connectivity index (χ0) is 14.0. The molecule has 1 unspecified atom stereocenters. The fourth-order valence-corrected chi connectivity index (χ4v) is 2.60. The van der Waals surface area contributed by atoms with Crippen molar-refractivity contribution >= 4 is 27.5 Å². The first-order chi connectivity index (χ1) is 8.97. The third kappa shape index (κ3) is 3.94. The fraction of sp³-hybridized carbons (Fsp3) is 0.500. The molecule has 1 aliphatic rings. The van der Waals surface area contributed by atoms with E-state index in [1.165, 1.54) is 0 Å². The summed E-state index contributed by atoms with van der Waals surface area (Å²) >= 11 is 3.45. The number of nitrogens with zero attached hydrogens (tertiary/aromatic N) is 1. The molecule has 0 heterocycles. The summed E-state index contributed by atoms with van der Waals surface area (Å²) in [5.41, 5.74) is 1.79. The van der Waals surface area contributed by atoms with Crippen LogP contribution in [-0.4, -0.2) is 30.6 Å². The Morgan fingerprint density at radius 1 is 1.58 bits per heavy atom. The number of carbonyl (C=O) groups is 1. The van der Waals surface area contributed by atoms with Crippen LogP contribution in [0.25, 0.3) is 0 Å². The smallest absolute Gasteiger partial charge is 0.239 e. The minimum Gasteiger partial charge on any atom is -0.389 e. The zero-order valence-corrected chi connectivity index (χ0v) is 12.8. The Kier molecular flexibility index (Phi) is 4.47. The molecule has 0 bridgehead atoms. The number of hydrogen-bond donors (Lipinski definition) is 2. The van der Waals surface area contributed by atoms with Crippen LogP contribution in [0.4, 0.5) is 5.69 Å². The van der Waals surface area contributed by atoms with Crippen molar-refractivity contribution in [3.8, 4) is 0 Å². The molecule has 1 aromatic rings. The number of hydrogen-bond acceptors (Lipinski definition) is 3. The van der Waals surface area contributed by atoms with Gasteiger partial charge in [0.05, 0.1) is 12.6 Å². The molecule has 2 rings (SSSR count). The molecule has 1 aromatic carbocycles. The van der Waals surface area contributed by atoms with E-state index >= 15 is 0 Å². The van der Waals surface area contributed by atoms with Crippen molar-refractivity contribution in [1.29, 1.82) is 0 Å². The van der Waals surface area contributed by atoms with Crippen molar-refractivity contribution in [2.45, 2.75) is 31.9 Å². The number of nitrogens with one attached hydrogen (secondary N) is 1. The van der Waals surface area contributed by atoms with Gasteiger partial charge in [-0.2, -0.15) is 0 Å². The van der Waals surface area contributed by atoms with E-state index in [0.29, 0.717) is 12.6 Å². The van der Waals surface area contributed by atoms with Crippen LogP contribution in [0.5, 0.6) is 0 Å². The number of amides is 1. The molecule has 0 aromatic heterocycles. The maximum atomic E-state index is 11.7. The van der Waals surface area contributed by atoms with Crippen LogP contribution in [0.2, 0.25) is 0 Å². The van der Waals surface area contributed by atoms with E-state index in [-0.39, 0.29) is 5.91 Å². The Hall–Kier alpha value is -1.07. The Morgan fingerprint density at radius 2 is 2.26 bits per heavy atom. The summed E-state index contributed by atoms with van der Waals surface area (Å²) in [6.45, 7) is 2.07. The first-order valence-electron chi connectivity index (χ1n) is 6.45. The van der Waals surface area contributed by atoms with Gasteiger partial charge in [0, 0.05) is 23.2 Å². The van der Waals surface area contributed by atoms with Gasteiger partial charge in [0.2, 0.25) is 5.91 Å². The van der Waals surface area contributed by atoms with Crippen molar-refractivity contribution in [3.63, 3.8) is 0 Å². The van der Waals surface area contributed by atoms with Gasteiger partial charge in [-0.25, -0.2) is 0 Å². The monoisotopic (exact) mass is 326 g/mol. The summed E-state index contributed by atoms with van der Waals surface area (Å²) in [5, 5.41) is 12.5. The molecule has 104 valence electrons. The number of aliphatic hydroxyl groups is 1. The lowest BCUT2D eigenvalue weighted by molar-refractivity contribution is -0.119. The van der Waals surface area contributed by atoms with Gasteiger partial charge in [0.25, 0.3) is 0 Å². The van der Waals surface area contributed by atoms with Crippen LogP contribution in [0.3, 0.4) is 0 Å². The average molecular weight is 327 g/mol. The van der Waals surface area contributed by atoms with Crippen molar-refractivity contribution in [2.24, 2.45) is 0 Å². The minimum atomic E-state index is -0.508. The zero-order valence-electron chi connectivity index (χ0n) is 11.2. The lowest BCUT2D eigenvalue weighted by atomic mass is 10.1. The number of likely N-dealkylation sites (N-methyl/N-ethyl adjacent to an activating group) is 1. The molecular formula is C14H19BrN2O2. The number of halogens is 1. The molecule has 0 spiro atoms. The molecule has 1 fully saturated rings. The van der Waals surface area contributed by atoms with Crippen LogP contribution >= 0.6 is 15.9 Å². The predicted molar refractivity (Wildman–Crippen MR) is 79.2 cm³/mol. The average Bonchev–Trinajstić information content (AvgIpc) is 3.11. The van der Waals surface area contributed by atoms with Gasteiger partial charge >= 0.3 is 0 Å². The second-order valence-corrected chi connectivity index (χ2v) is 5.93. The van der Waals surface area contributed by atoms with E-state index in [9.17, 15) is 9.90 Å². The SMILES string of the molecule is CC(O)c1ccc(N(C)CC(=O)NC2CC2)cc1Br. The highest BCUT2D eigenvalue weighted by Crippen LogP contribution is 2.27. The van der Waals surface area contributed by atoms with Crippen molar-refractivity contribution in [2.75, 3.05) is 18.5 Å². The van der Waals surface area contributed by atoms with Crippen LogP contribution in [0.15, 0.2) is 22.7 Å². The topological polar surface area (TPSA) is 52.6 Å². The van der Waals surface area contributed by atoms with E-state index < -0.39 is 6.10 Å². The third-order valence-corrected chi connectivity index (χ3v) is 3.88. The normalized spacial score (nSPS) is 16.0.